The highest BCUT2D eigenvalue weighted by Crippen LogP contribution is 2.06. The first-order valence-corrected chi connectivity index (χ1v) is 6.56. The fourth-order valence-electron chi connectivity index (χ4n) is 1.63. The van der Waals surface area contributed by atoms with Crippen molar-refractivity contribution in [2.24, 2.45) is 0 Å². The average Bonchev–Trinajstić information content (AvgIpc) is 2.47. The van der Waals surface area contributed by atoms with Gasteiger partial charge in [0.2, 0.25) is 0 Å². The third kappa shape index (κ3) is 5.00. The molecule has 1 aromatic rings. The molecule has 0 bridgehead atoms. The normalized spacial score (nSPS) is 11.3. The number of aliphatic hydroxyl groups is 1. The van der Waals surface area contributed by atoms with E-state index in [1.807, 2.05) is 6.92 Å². The molecule has 1 aromatic heterocycles. The number of aromatic nitrogens is 1. The zero-order valence-corrected chi connectivity index (χ0v) is 11.8. The number of aliphatic hydroxyl groups excluding tert-OH is 1. The molecule has 0 fully saturated rings. The van der Waals surface area contributed by atoms with Gasteiger partial charge in [-0.05, 0) is 12.5 Å². The fourth-order valence-corrected chi connectivity index (χ4v) is 1.63. The van der Waals surface area contributed by atoms with Crippen LogP contribution in [-0.2, 0) is 4.74 Å². The third-order valence-corrected chi connectivity index (χ3v) is 2.72. The van der Waals surface area contributed by atoms with Crippen LogP contribution in [0.25, 0.3) is 0 Å². The van der Waals surface area contributed by atoms with Gasteiger partial charge in [-0.1, -0.05) is 18.8 Å². The Morgan fingerprint density at radius 2 is 2.40 bits per heavy atom. The number of nitrogens with one attached hydrogen (secondary N) is 1. The van der Waals surface area contributed by atoms with Crippen LogP contribution in [0.2, 0.25) is 0 Å². The molecular weight excluding hydrogens is 256 g/mol. The summed E-state index contributed by atoms with van der Waals surface area (Å²) in [6.45, 7) is 2.46. The van der Waals surface area contributed by atoms with Gasteiger partial charge in [0.1, 0.15) is 0 Å². The Kier molecular flexibility index (Phi) is 7.33. The molecule has 0 saturated carbocycles. The number of methoxy groups -OCH3 is 1. The monoisotopic (exact) mass is 276 g/mol. The lowest BCUT2D eigenvalue weighted by Crippen LogP contribution is -2.37. The number of amides is 1. The van der Waals surface area contributed by atoms with Crippen molar-refractivity contribution in [2.75, 3.05) is 20.3 Å². The van der Waals surface area contributed by atoms with Crippen molar-refractivity contribution in [3.05, 3.63) is 29.6 Å². The van der Waals surface area contributed by atoms with Crippen molar-refractivity contribution in [3.63, 3.8) is 0 Å². The van der Waals surface area contributed by atoms with E-state index in [2.05, 4.69) is 22.1 Å². The molecule has 0 aromatic carbocycles. The third-order valence-electron chi connectivity index (χ3n) is 2.72. The Morgan fingerprint density at radius 3 is 3.05 bits per heavy atom. The number of nitrogens with zero attached hydrogens (tertiary/aromatic N) is 1. The van der Waals surface area contributed by atoms with Gasteiger partial charge >= 0.3 is 0 Å². The lowest BCUT2D eigenvalue weighted by Gasteiger charge is -2.16. The predicted molar refractivity (Wildman–Crippen MR) is 76.2 cm³/mol. The van der Waals surface area contributed by atoms with Crippen LogP contribution in [0.1, 0.15) is 35.7 Å². The quantitative estimate of drug-likeness (QED) is 0.760. The molecule has 0 radical (unpaired) electrons. The number of ether oxygens (including phenoxy) is 1. The highest BCUT2D eigenvalue weighted by molar-refractivity contribution is 5.96. The first-order valence-electron chi connectivity index (χ1n) is 6.56. The van der Waals surface area contributed by atoms with Crippen LogP contribution in [0.4, 0.5) is 0 Å². The summed E-state index contributed by atoms with van der Waals surface area (Å²) >= 11 is 0. The number of hydrogen-bond acceptors (Lipinski definition) is 4. The number of hydrogen-bond donors (Lipinski definition) is 2. The van der Waals surface area contributed by atoms with Crippen LogP contribution < -0.4 is 5.32 Å². The lowest BCUT2D eigenvalue weighted by molar-refractivity contribution is 0.0894. The standard InChI is InChI=1S/C15H20N2O3/c1-3-13(11-20-2)17-15(19)14-7-8-16-10-12(14)6-4-5-9-18/h7-8,10,13,18H,3,5,9,11H2,1-2H3,(H,17,19). The molecule has 0 aliphatic carbocycles. The van der Waals surface area contributed by atoms with Gasteiger partial charge in [-0.3, -0.25) is 9.78 Å². The summed E-state index contributed by atoms with van der Waals surface area (Å²) in [5.74, 6) is 5.46. The van der Waals surface area contributed by atoms with E-state index < -0.39 is 0 Å². The van der Waals surface area contributed by atoms with Crippen molar-refractivity contribution >= 4 is 5.91 Å². The van der Waals surface area contributed by atoms with Gasteiger partial charge in [-0.25, -0.2) is 0 Å². The summed E-state index contributed by atoms with van der Waals surface area (Å²) < 4.78 is 5.06. The van der Waals surface area contributed by atoms with Gasteiger partial charge < -0.3 is 15.2 Å². The second-order valence-electron chi connectivity index (χ2n) is 4.23. The highest BCUT2D eigenvalue weighted by atomic mass is 16.5. The minimum Gasteiger partial charge on any atom is -0.395 e. The van der Waals surface area contributed by atoms with Crippen LogP contribution in [0.3, 0.4) is 0 Å². The van der Waals surface area contributed by atoms with Gasteiger partial charge in [0, 0.05) is 25.9 Å². The minimum absolute atomic E-state index is 0.000535. The Morgan fingerprint density at radius 1 is 1.60 bits per heavy atom. The van der Waals surface area contributed by atoms with Gasteiger partial charge in [-0.15, -0.1) is 0 Å². The van der Waals surface area contributed by atoms with Crippen molar-refractivity contribution in [1.29, 1.82) is 0 Å². The molecule has 1 atom stereocenters. The molecule has 0 saturated heterocycles. The Balaban J connectivity index is 2.85. The maximum Gasteiger partial charge on any atom is 0.252 e. The van der Waals surface area contributed by atoms with E-state index >= 15 is 0 Å². The number of carbonyl (C=O) groups is 1. The molecule has 5 nitrogen and oxygen atoms in total. The van der Waals surface area contributed by atoms with Crippen molar-refractivity contribution < 1.29 is 14.6 Å². The summed E-state index contributed by atoms with van der Waals surface area (Å²) in [5.41, 5.74) is 1.05. The molecule has 20 heavy (non-hydrogen) atoms. The molecule has 1 amide bonds. The van der Waals surface area contributed by atoms with Crippen molar-refractivity contribution in [2.45, 2.75) is 25.8 Å². The Labute approximate surface area is 119 Å². The molecule has 108 valence electrons. The summed E-state index contributed by atoms with van der Waals surface area (Å²) in [4.78, 5) is 16.2. The molecule has 5 heteroatoms. The fraction of sp³-hybridized carbons (Fsp3) is 0.467. The Bertz CT molecular complexity index is 491. The Hall–Kier alpha value is -1.90. The maximum absolute atomic E-state index is 12.2. The van der Waals surface area contributed by atoms with Gasteiger partial charge in [0.05, 0.1) is 30.4 Å². The molecule has 1 unspecified atom stereocenters. The van der Waals surface area contributed by atoms with Crippen LogP contribution in [0.15, 0.2) is 18.5 Å². The number of pyridine rings is 1. The van der Waals surface area contributed by atoms with Crippen LogP contribution in [0, 0.1) is 11.8 Å². The van der Waals surface area contributed by atoms with Gasteiger partial charge in [0.15, 0.2) is 0 Å². The summed E-state index contributed by atoms with van der Waals surface area (Å²) in [5, 5.41) is 11.6. The van der Waals surface area contributed by atoms with E-state index in [4.69, 9.17) is 9.84 Å². The molecule has 0 aliphatic heterocycles. The largest absolute Gasteiger partial charge is 0.395 e. The maximum atomic E-state index is 12.2. The summed E-state index contributed by atoms with van der Waals surface area (Å²) in [6.07, 6.45) is 4.27. The predicted octanol–water partition coefficient (Wildman–Crippen LogP) is 0.970. The van der Waals surface area contributed by atoms with Crippen LogP contribution in [0.5, 0.6) is 0 Å². The van der Waals surface area contributed by atoms with E-state index in [-0.39, 0.29) is 18.6 Å². The zero-order chi connectivity index (χ0) is 14.8. The minimum atomic E-state index is -0.190. The van der Waals surface area contributed by atoms with E-state index in [1.165, 1.54) is 0 Å². The summed E-state index contributed by atoms with van der Waals surface area (Å²) in [6, 6.07) is 1.61. The molecule has 1 heterocycles. The van der Waals surface area contributed by atoms with Crippen molar-refractivity contribution in [1.82, 2.24) is 10.3 Å². The van der Waals surface area contributed by atoms with Crippen LogP contribution in [-0.4, -0.2) is 42.4 Å². The summed E-state index contributed by atoms with van der Waals surface area (Å²) in [7, 11) is 1.60. The van der Waals surface area contributed by atoms with Gasteiger partial charge in [-0.2, -0.15) is 0 Å². The van der Waals surface area contributed by atoms with E-state index in [9.17, 15) is 4.79 Å². The topological polar surface area (TPSA) is 71.5 Å². The van der Waals surface area contributed by atoms with E-state index in [0.29, 0.717) is 24.2 Å². The smallest absolute Gasteiger partial charge is 0.252 e. The molecule has 0 aliphatic rings. The number of rotatable bonds is 6. The SMILES string of the molecule is CCC(COC)NC(=O)c1ccncc1C#CCCO. The molecular formula is C15H20N2O3. The first-order chi connectivity index (χ1) is 9.72. The van der Waals surface area contributed by atoms with E-state index in [0.717, 1.165) is 6.42 Å². The lowest BCUT2D eigenvalue weighted by atomic mass is 10.1. The van der Waals surface area contributed by atoms with Crippen LogP contribution >= 0.6 is 0 Å². The highest BCUT2D eigenvalue weighted by Gasteiger charge is 2.14. The number of carbonyl (C=O) groups excluding carboxylic acids is 1. The van der Waals surface area contributed by atoms with E-state index in [1.54, 1.807) is 25.6 Å². The molecule has 0 spiro atoms. The second kappa shape index (κ2) is 9.08. The molecule has 1 rings (SSSR count). The van der Waals surface area contributed by atoms with Gasteiger partial charge in [0.25, 0.3) is 5.91 Å². The zero-order valence-electron chi connectivity index (χ0n) is 11.8. The van der Waals surface area contributed by atoms with Crippen molar-refractivity contribution in [3.8, 4) is 11.8 Å². The molecule has 2 N–H and O–H groups in total. The first kappa shape index (κ1) is 16.2. The second-order valence-corrected chi connectivity index (χ2v) is 4.23. The average molecular weight is 276 g/mol.